The average Bonchev–Trinajstić information content (AvgIpc) is 3.01. The van der Waals surface area contributed by atoms with Gasteiger partial charge in [-0.05, 0) is 12.8 Å². The molecule has 0 amide bonds. The van der Waals surface area contributed by atoms with Gasteiger partial charge in [0.05, 0.1) is 0 Å². The van der Waals surface area contributed by atoms with E-state index in [0.29, 0.717) is 24.2 Å². The third-order valence-electron chi connectivity index (χ3n) is 4.11. The van der Waals surface area contributed by atoms with Crippen LogP contribution in [0, 0.1) is 5.92 Å². The van der Waals surface area contributed by atoms with Crippen LogP contribution in [0.1, 0.15) is 53.3 Å². The summed E-state index contributed by atoms with van der Waals surface area (Å²) in [4.78, 5) is 14.0. The lowest BCUT2D eigenvalue weighted by molar-refractivity contribution is 0.164. The summed E-state index contributed by atoms with van der Waals surface area (Å²) in [5.41, 5.74) is -0.133. The molecule has 1 aromatic rings. The van der Waals surface area contributed by atoms with Gasteiger partial charge in [-0.1, -0.05) is 39.8 Å². The van der Waals surface area contributed by atoms with Crippen molar-refractivity contribution in [2.45, 2.75) is 53.5 Å². The molecule has 8 heteroatoms. The van der Waals surface area contributed by atoms with Crippen LogP contribution in [0.2, 0.25) is 0 Å². The number of piperazine rings is 1. The number of aliphatic imine (C=N–C) groups is 1. The third-order valence-corrected chi connectivity index (χ3v) is 4.11. The Morgan fingerprint density at radius 2 is 1.88 bits per heavy atom. The Labute approximate surface area is 175 Å². The van der Waals surface area contributed by atoms with Crippen LogP contribution in [0.5, 0.6) is 0 Å². The minimum Gasteiger partial charge on any atom is -0.357 e. The van der Waals surface area contributed by atoms with Crippen molar-refractivity contribution < 1.29 is 4.52 Å². The number of rotatable bonds is 5. The highest BCUT2D eigenvalue weighted by Crippen LogP contribution is 2.19. The molecule has 0 aromatic carbocycles. The van der Waals surface area contributed by atoms with Gasteiger partial charge < -0.3 is 14.7 Å². The van der Waals surface area contributed by atoms with Gasteiger partial charge in [0, 0.05) is 44.7 Å². The molecular weight excluding hydrogens is 443 g/mol. The standard InChI is InChI=1S/C18H34N6O.HI/c1-7-19-17(24-10-8-23(9-11-24)13-14(2)3)20-12-15-21-16(25-22-15)18(4,5)6;/h14H,7-13H2,1-6H3,(H,19,20);1H. The van der Waals surface area contributed by atoms with E-state index in [-0.39, 0.29) is 29.4 Å². The summed E-state index contributed by atoms with van der Waals surface area (Å²) in [5.74, 6) is 2.95. The Hall–Kier alpha value is -0.900. The second kappa shape index (κ2) is 10.4. The summed E-state index contributed by atoms with van der Waals surface area (Å²) in [6.07, 6.45) is 0. The smallest absolute Gasteiger partial charge is 0.232 e. The molecule has 150 valence electrons. The van der Waals surface area contributed by atoms with Gasteiger partial charge in [0.2, 0.25) is 5.89 Å². The molecule has 0 aliphatic carbocycles. The maximum Gasteiger partial charge on any atom is 0.232 e. The zero-order chi connectivity index (χ0) is 18.4. The molecule has 2 heterocycles. The normalized spacial score (nSPS) is 16.7. The van der Waals surface area contributed by atoms with Gasteiger partial charge in [0.25, 0.3) is 0 Å². The Morgan fingerprint density at radius 1 is 1.23 bits per heavy atom. The topological polar surface area (TPSA) is 69.8 Å². The lowest BCUT2D eigenvalue weighted by atomic mass is 9.97. The van der Waals surface area contributed by atoms with E-state index >= 15 is 0 Å². The zero-order valence-corrected chi connectivity index (χ0v) is 19.4. The van der Waals surface area contributed by atoms with E-state index in [1.54, 1.807) is 0 Å². The zero-order valence-electron chi connectivity index (χ0n) is 17.1. The van der Waals surface area contributed by atoms with Crippen molar-refractivity contribution in [1.82, 2.24) is 25.3 Å². The van der Waals surface area contributed by atoms with Crippen molar-refractivity contribution in [3.63, 3.8) is 0 Å². The molecule has 1 aliphatic heterocycles. The summed E-state index contributed by atoms with van der Waals surface area (Å²) in [6, 6.07) is 0. The maximum atomic E-state index is 5.35. The number of halogens is 1. The molecule has 1 saturated heterocycles. The van der Waals surface area contributed by atoms with Crippen molar-refractivity contribution in [2.24, 2.45) is 10.9 Å². The summed E-state index contributed by atoms with van der Waals surface area (Å²) in [6.45, 7) is 19.4. The van der Waals surface area contributed by atoms with Crippen LogP contribution in [0.4, 0.5) is 0 Å². The molecule has 1 N–H and O–H groups in total. The molecule has 1 aliphatic rings. The Bertz CT molecular complexity index is 558. The van der Waals surface area contributed by atoms with E-state index < -0.39 is 0 Å². The van der Waals surface area contributed by atoms with E-state index in [4.69, 9.17) is 9.52 Å². The fourth-order valence-corrected chi connectivity index (χ4v) is 2.85. The van der Waals surface area contributed by atoms with E-state index in [0.717, 1.165) is 38.7 Å². The fourth-order valence-electron chi connectivity index (χ4n) is 2.85. The third kappa shape index (κ3) is 7.02. The van der Waals surface area contributed by atoms with Crippen LogP contribution in [0.3, 0.4) is 0 Å². The van der Waals surface area contributed by atoms with Gasteiger partial charge in [-0.15, -0.1) is 24.0 Å². The first-order chi connectivity index (χ1) is 11.8. The van der Waals surface area contributed by atoms with Gasteiger partial charge in [-0.25, -0.2) is 4.99 Å². The van der Waals surface area contributed by atoms with Gasteiger partial charge >= 0.3 is 0 Å². The number of hydrogen-bond acceptors (Lipinski definition) is 5. The van der Waals surface area contributed by atoms with Crippen molar-refractivity contribution in [2.75, 3.05) is 39.3 Å². The largest absolute Gasteiger partial charge is 0.357 e. The minimum atomic E-state index is -0.133. The summed E-state index contributed by atoms with van der Waals surface area (Å²) >= 11 is 0. The van der Waals surface area contributed by atoms with Gasteiger partial charge in [0.1, 0.15) is 6.54 Å². The lowest BCUT2D eigenvalue weighted by Gasteiger charge is -2.37. The van der Waals surface area contributed by atoms with Gasteiger partial charge in [-0.2, -0.15) is 4.98 Å². The number of aromatic nitrogens is 2. The quantitative estimate of drug-likeness (QED) is 0.399. The van der Waals surface area contributed by atoms with Crippen LogP contribution in [0.15, 0.2) is 9.52 Å². The molecule has 0 saturated carbocycles. The van der Waals surface area contributed by atoms with Crippen molar-refractivity contribution >= 4 is 29.9 Å². The van der Waals surface area contributed by atoms with Gasteiger partial charge in [0.15, 0.2) is 11.8 Å². The molecule has 2 rings (SSSR count). The Morgan fingerprint density at radius 3 is 2.38 bits per heavy atom. The molecule has 1 aromatic heterocycles. The second-order valence-electron chi connectivity index (χ2n) is 8.12. The molecule has 26 heavy (non-hydrogen) atoms. The number of nitrogens with zero attached hydrogens (tertiary/aromatic N) is 5. The number of hydrogen-bond donors (Lipinski definition) is 1. The first kappa shape index (κ1) is 23.1. The van der Waals surface area contributed by atoms with E-state index in [1.165, 1.54) is 6.54 Å². The highest BCUT2D eigenvalue weighted by molar-refractivity contribution is 14.0. The van der Waals surface area contributed by atoms with E-state index in [1.807, 2.05) is 0 Å². The van der Waals surface area contributed by atoms with E-state index in [9.17, 15) is 0 Å². The minimum absolute atomic E-state index is 0. The predicted octanol–water partition coefficient (Wildman–Crippen LogP) is 2.72. The van der Waals surface area contributed by atoms with Crippen LogP contribution < -0.4 is 5.32 Å². The molecule has 0 bridgehead atoms. The van der Waals surface area contributed by atoms with Crippen molar-refractivity contribution in [1.29, 1.82) is 0 Å². The van der Waals surface area contributed by atoms with Crippen molar-refractivity contribution in [3.8, 4) is 0 Å². The number of nitrogens with one attached hydrogen (secondary N) is 1. The first-order valence-electron chi connectivity index (χ1n) is 9.38. The number of guanidine groups is 1. The van der Waals surface area contributed by atoms with Crippen molar-refractivity contribution in [3.05, 3.63) is 11.7 Å². The molecule has 0 unspecified atom stereocenters. The molecular formula is C18H35IN6O. The second-order valence-corrected chi connectivity index (χ2v) is 8.12. The summed E-state index contributed by atoms with van der Waals surface area (Å²) < 4.78 is 5.35. The molecule has 0 spiro atoms. The first-order valence-corrected chi connectivity index (χ1v) is 9.38. The molecule has 1 fully saturated rings. The fraction of sp³-hybridized carbons (Fsp3) is 0.833. The Balaban J connectivity index is 0.00000338. The summed E-state index contributed by atoms with van der Waals surface area (Å²) in [5, 5.41) is 7.44. The maximum absolute atomic E-state index is 5.35. The monoisotopic (exact) mass is 478 g/mol. The van der Waals surface area contributed by atoms with Gasteiger partial charge in [-0.3, -0.25) is 4.90 Å². The van der Waals surface area contributed by atoms with Crippen LogP contribution in [-0.4, -0.2) is 65.2 Å². The lowest BCUT2D eigenvalue weighted by Crippen LogP contribution is -2.53. The highest BCUT2D eigenvalue weighted by Gasteiger charge is 2.22. The highest BCUT2D eigenvalue weighted by atomic mass is 127. The predicted molar refractivity (Wildman–Crippen MR) is 116 cm³/mol. The summed E-state index contributed by atoms with van der Waals surface area (Å²) in [7, 11) is 0. The molecule has 0 atom stereocenters. The van der Waals surface area contributed by atoms with Crippen LogP contribution in [-0.2, 0) is 12.0 Å². The van der Waals surface area contributed by atoms with E-state index in [2.05, 4.69) is 66.8 Å². The van der Waals surface area contributed by atoms with Crippen LogP contribution >= 0.6 is 24.0 Å². The Kier molecular flexibility index (Phi) is 9.29. The SMILES string of the molecule is CCNC(=NCc1noc(C(C)(C)C)n1)N1CCN(CC(C)C)CC1.I. The van der Waals surface area contributed by atoms with Crippen LogP contribution in [0.25, 0.3) is 0 Å². The molecule has 0 radical (unpaired) electrons. The average molecular weight is 478 g/mol. The molecule has 7 nitrogen and oxygen atoms in total.